The van der Waals surface area contributed by atoms with Crippen molar-refractivity contribution >= 4 is 0 Å². The summed E-state index contributed by atoms with van der Waals surface area (Å²) >= 11 is 0. The van der Waals surface area contributed by atoms with Crippen LogP contribution in [0.25, 0.3) is 0 Å². The zero-order chi connectivity index (χ0) is 10.8. The highest BCUT2D eigenvalue weighted by Crippen LogP contribution is 2.30. The van der Waals surface area contributed by atoms with E-state index in [0.717, 1.165) is 37.1 Å². The Morgan fingerprint density at radius 1 is 1.60 bits per heavy atom. The highest BCUT2D eigenvalue weighted by molar-refractivity contribution is 5.31. The summed E-state index contributed by atoms with van der Waals surface area (Å²) in [5.74, 6) is 0.382. The molecule has 1 aliphatic carbocycles. The SMILES string of the molecule is CCc1nc(=O)[nH]c2c1C(CN)CCC2. The van der Waals surface area contributed by atoms with Crippen molar-refractivity contribution in [2.45, 2.75) is 38.5 Å². The molecule has 0 fully saturated rings. The summed E-state index contributed by atoms with van der Waals surface area (Å²) in [5.41, 5.74) is 8.75. The molecule has 82 valence electrons. The maximum atomic E-state index is 11.3. The smallest absolute Gasteiger partial charge is 0.330 e. The third-order valence-corrected chi connectivity index (χ3v) is 3.14. The van der Waals surface area contributed by atoms with E-state index in [4.69, 9.17) is 5.73 Å². The zero-order valence-corrected chi connectivity index (χ0v) is 9.05. The Kier molecular flexibility index (Phi) is 2.86. The van der Waals surface area contributed by atoms with E-state index in [2.05, 4.69) is 9.97 Å². The van der Waals surface area contributed by atoms with E-state index >= 15 is 0 Å². The van der Waals surface area contributed by atoms with Crippen LogP contribution in [0.1, 0.15) is 42.6 Å². The van der Waals surface area contributed by atoms with Crippen LogP contribution in [0.2, 0.25) is 0 Å². The normalized spacial score (nSPS) is 20.0. The van der Waals surface area contributed by atoms with Crippen molar-refractivity contribution in [1.82, 2.24) is 9.97 Å². The summed E-state index contributed by atoms with van der Waals surface area (Å²) in [4.78, 5) is 18.2. The fraction of sp³-hybridized carbons (Fsp3) is 0.636. The first-order valence-corrected chi connectivity index (χ1v) is 5.58. The van der Waals surface area contributed by atoms with Crippen LogP contribution in [0.15, 0.2) is 4.79 Å². The molecule has 2 rings (SSSR count). The van der Waals surface area contributed by atoms with Gasteiger partial charge < -0.3 is 10.7 Å². The van der Waals surface area contributed by atoms with Crippen LogP contribution >= 0.6 is 0 Å². The number of hydrogen-bond donors (Lipinski definition) is 2. The lowest BCUT2D eigenvalue weighted by Gasteiger charge is -2.25. The number of fused-ring (bicyclic) bond motifs is 1. The van der Waals surface area contributed by atoms with E-state index in [-0.39, 0.29) is 5.69 Å². The standard InChI is InChI=1S/C11H17N3O/c1-2-8-10-7(6-12)4-3-5-9(10)14-11(15)13-8/h7H,2-6,12H2,1H3,(H,13,14,15). The van der Waals surface area contributed by atoms with Gasteiger partial charge >= 0.3 is 5.69 Å². The van der Waals surface area contributed by atoms with Crippen LogP contribution in [-0.4, -0.2) is 16.5 Å². The minimum Gasteiger partial charge on any atom is -0.330 e. The van der Waals surface area contributed by atoms with Crippen LogP contribution < -0.4 is 11.4 Å². The highest BCUT2D eigenvalue weighted by Gasteiger charge is 2.23. The first kappa shape index (κ1) is 10.4. The van der Waals surface area contributed by atoms with Gasteiger partial charge in [0.05, 0.1) is 5.69 Å². The molecule has 0 spiro atoms. The summed E-state index contributed by atoms with van der Waals surface area (Å²) in [6.45, 7) is 2.68. The first-order chi connectivity index (χ1) is 7.26. The zero-order valence-electron chi connectivity index (χ0n) is 9.05. The van der Waals surface area contributed by atoms with Gasteiger partial charge in [0.1, 0.15) is 0 Å². The molecule has 1 aromatic rings. The predicted octanol–water partition coefficient (Wildman–Crippen LogP) is 0.711. The van der Waals surface area contributed by atoms with E-state index in [9.17, 15) is 4.79 Å². The number of rotatable bonds is 2. The topological polar surface area (TPSA) is 71.8 Å². The molecule has 1 atom stereocenters. The Hall–Kier alpha value is -1.16. The molecule has 0 aliphatic heterocycles. The number of nitrogens with two attached hydrogens (primary N) is 1. The molecular formula is C11H17N3O. The fourth-order valence-corrected chi connectivity index (χ4v) is 2.44. The second-order valence-electron chi connectivity index (χ2n) is 4.06. The molecule has 0 bridgehead atoms. The summed E-state index contributed by atoms with van der Waals surface area (Å²) in [6, 6.07) is 0. The van der Waals surface area contributed by atoms with Crippen molar-refractivity contribution in [1.29, 1.82) is 0 Å². The van der Waals surface area contributed by atoms with E-state index < -0.39 is 0 Å². The van der Waals surface area contributed by atoms with Gasteiger partial charge in [0.25, 0.3) is 0 Å². The Balaban J connectivity index is 2.57. The minimum absolute atomic E-state index is 0.219. The molecule has 0 aromatic carbocycles. The third kappa shape index (κ3) is 1.81. The van der Waals surface area contributed by atoms with Crippen molar-refractivity contribution in [2.24, 2.45) is 5.73 Å². The van der Waals surface area contributed by atoms with E-state index in [1.165, 1.54) is 5.56 Å². The molecule has 1 aromatic heterocycles. The van der Waals surface area contributed by atoms with Gasteiger partial charge in [-0.1, -0.05) is 6.92 Å². The van der Waals surface area contributed by atoms with E-state index in [1.54, 1.807) is 0 Å². The lowest BCUT2D eigenvalue weighted by molar-refractivity contribution is 0.538. The van der Waals surface area contributed by atoms with Crippen molar-refractivity contribution in [3.8, 4) is 0 Å². The molecule has 0 saturated heterocycles. The second kappa shape index (κ2) is 4.14. The van der Waals surface area contributed by atoms with Crippen LogP contribution in [0.3, 0.4) is 0 Å². The Labute approximate surface area is 88.9 Å². The lowest BCUT2D eigenvalue weighted by Crippen LogP contribution is -2.26. The Morgan fingerprint density at radius 2 is 2.40 bits per heavy atom. The molecule has 0 amide bonds. The van der Waals surface area contributed by atoms with Gasteiger partial charge in [0, 0.05) is 5.69 Å². The molecular weight excluding hydrogens is 190 g/mol. The maximum absolute atomic E-state index is 11.3. The average Bonchev–Trinajstić information content (AvgIpc) is 2.26. The van der Waals surface area contributed by atoms with Crippen molar-refractivity contribution in [3.63, 3.8) is 0 Å². The third-order valence-electron chi connectivity index (χ3n) is 3.14. The summed E-state index contributed by atoms with van der Waals surface area (Å²) in [6.07, 6.45) is 3.99. The van der Waals surface area contributed by atoms with E-state index in [0.29, 0.717) is 12.5 Å². The molecule has 0 radical (unpaired) electrons. The van der Waals surface area contributed by atoms with Gasteiger partial charge in [-0.15, -0.1) is 0 Å². The molecule has 4 nitrogen and oxygen atoms in total. The molecule has 0 saturated carbocycles. The van der Waals surface area contributed by atoms with Gasteiger partial charge in [-0.3, -0.25) is 0 Å². The summed E-state index contributed by atoms with van der Waals surface area (Å²) < 4.78 is 0. The number of H-pyrrole nitrogens is 1. The number of nitrogens with one attached hydrogen (secondary N) is 1. The summed E-state index contributed by atoms with van der Waals surface area (Å²) in [5, 5.41) is 0. The van der Waals surface area contributed by atoms with Gasteiger partial charge in [-0.2, -0.15) is 4.98 Å². The first-order valence-electron chi connectivity index (χ1n) is 5.58. The molecule has 4 heteroatoms. The Bertz CT molecular complexity index is 391. The van der Waals surface area contributed by atoms with Gasteiger partial charge in [-0.25, -0.2) is 4.79 Å². The second-order valence-corrected chi connectivity index (χ2v) is 4.06. The largest absolute Gasteiger partial charge is 0.345 e. The van der Waals surface area contributed by atoms with E-state index in [1.807, 2.05) is 6.92 Å². The fourth-order valence-electron chi connectivity index (χ4n) is 2.44. The van der Waals surface area contributed by atoms with Gasteiger partial charge in [0.2, 0.25) is 0 Å². The average molecular weight is 207 g/mol. The number of nitrogens with zero attached hydrogens (tertiary/aromatic N) is 1. The number of aryl methyl sites for hydroxylation is 2. The van der Waals surface area contributed by atoms with Crippen molar-refractivity contribution < 1.29 is 0 Å². The van der Waals surface area contributed by atoms with Gasteiger partial charge in [-0.05, 0) is 43.7 Å². The van der Waals surface area contributed by atoms with Gasteiger partial charge in [0.15, 0.2) is 0 Å². The molecule has 1 unspecified atom stereocenters. The van der Waals surface area contributed by atoms with Crippen LogP contribution in [0.4, 0.5) is 0 Å². The van der Waals surface area contributed by atoms with Crippen LogP contribution in [-0.2, 0) is 12.8 Å². The minimum atomic E-state index is -0.219. The number of aromatic amines is 1. The maximum Gasteiger partial charge on any atom is 0.345 e. The molecule has 1 aliphatic rings. The molecule has 15 heavy (non-hydrogen) atoms. The van der Waals surface area contributed by atoms with Crippen LogP contribution in [0, 0.1) is 0 Å². The highest BCUT2D eigenvalue weighted by atomic mass is 16.1. The Morgan fingerprint density at radius 3 is 3.07 bits per heavy atom. The van der Waals surface area contributed by atoms with Crippen molar-refractivity contribution in [3.05, 3.63) is 27.4 Å². The molecule has 3 N–H and O–H groups in total. The summed E-state index contributed by atoms with van der Waals surface area (Å²) in [7, 11) is 0. The number of hydrogen-bond acceptors (Lipinski definition) is 3. The van der Waals surface area contributed by atoms with Crippen molar-refractivity contribution in [2.75, 3.05) is 6.54 Å². The van der Waals surface area contributed by atoms with Crippen LogP contribution in [0.5, 0.6) is 0 Å². The number of aromatic nitrogens is 2. The predicted molar refractivity (Wildman–Crippen MR) is 59.0 cm³/mol. The monoisotopic (exact) mass is 207 g/mol. The lowest BCUT2D eigenvalue weighted by atomic mass is 9.84. The molecule has 1 heterocycles. The quantitative estimate of drug-likeness (QED) is 0.750.